The van der Waals surface area contributed by atoms with Gasteiger partial charge in [-0.1, -0.05) is 36.9 Å². The topological polar surface area (TPSA) is 32.3 Å². The van der Waals surface area contributed by atoms with E-state index in [0.29, 0.717) is 11.8 Å². The second-order valence-electron chi connectivity index (χ2n) is 6.68. The van der Waals surface area contributed by atoms with Crippen LogP contribution in [0.3, 0.4) is 0 Å². The molecule has 1 unspecified atom stereocenters. The fourth-order valence-corrected chi connectivity index (χ4v) is 3.44. The average molecular weight is 307 g/mol. The largest absolute Gasteiger partial charge is 0.508 e. The lowest BCUT2D eigenvalue weighted by Gasteiger charge is -2.15. The molecule has 0 radical (unpaired) electrons. The van der Waals surface area contributed by atoms with Crippen LogP contribution in [0, 0.1) is 6.92 Å². The minimum Gasteiger partial charge on any atom is -0.508 e. The van der Waals surface area contributed by atoms with Crippen molar-refractivity contribution < 1.29 is 5.11 Å². The number of fused-ring (bicyclic) bond motifs is 1. The molecule has 0 amide bonds. The molecule has 0 fully saturated rings. The highest BCUT2D eigenvalue weighted by Crippen LogP contribution is 2.32. The van der Waals surface area contributed by atoms with E-state index in [1.165, 1.54) is 16.7 Å². The summed E-state index contributed by atoms with van der Waals surface area (Å²) in [6, 6.07) is 13.2. The van der Waals surface area contributed by atoms with Crippen LogP contribution in [0.1, 0.15) is 47.2 Å². The Bertz CT molecular complexity index is 733. The number of hydrogen-bond donors (Lipinski definition) is 2. The van der Waals surface area contributed by atoms with Crippen LogP contribution in [0.15, 0.2) is 48.7 Å². The second kappa shape index (κ2) is 6.49. The van der Waals surface area contributed by atoms with Crippen LogP contribution >= 0.6 is 0 Å². The molecule has 2 N–H and O–H groups in total. The summed E-state index contributed by atoms with van der Waals surface area (Å²) in [5.74, 6) is 0.414. The number of hydrogen-bond acceptors (Lipinski definition) is 2. The van der Waals surface area contributed by atoms with Crippen LogP contribution in [0.25, 0.3) is 0 Å². The normalized spacial score (nSPS) is 16.2. The SMILES string of the molecule is C=C(C)NC1CCc2cc(CCc3ccc(C)cc3O)ccc21. The zero-order valence-electron chi connectivity index (χ0n) is 14.0. The first-order chi connectivity index (χ1) is 11.0. The molecule has 120 valence electrons. The van der Waals surface area contributed by atoms with Crippen LogP contribution in [0.2, 0.25) is 0 Å². The highest BCUT2D eigenvalue weighted by molar-refractivity contribution is 5.40. The molecular formula is C21H25NO. The molecule has 0 spiro atoms. The van der Waals surface area contributed by atoms with E-state index in [9.17, 15) is 5.11 Å². The maximum Gasteiger partial charge on any atom is 0.119 e. The van der Waals surface area contributed by atoms with Gasteiger partial charge in [-0.15, -0.1) is 0 Å². The van der Waals surface area contributed by atoms with Crippen LogP contribution in [0.4, 0.5) is 0 Å². The zero-order valence-corrected chi connectivity index (χ0v) is 14.0. The summed E-state index contributed by atoms with van der Waals surface area (Å²) in [4.78, 5) is 0. The quantitative estimate of drug-likeness (QED) is 0.846. The maximum atomic E-state index is 10.0. The van der Waals surface area contributed by atoms with Gasteiger partial charge in [-0.3, -0.25) is 0 Å². The van der Waals surface area contributed by atoms with Crippen molar-refractivity contribution in [2.24, 2.45) is 0 Å². The number of nitrogens with one attached hydrogen (secondary N) is 1. The fraction of sp³-hybridized carbons (Fsp3) is 0.333. The number of allylic oxidation sites excluding steroid dienone is 1. The van der Waals surface area contributed by atoms with E-state index in [2.05, 4.69) is 36.2 Å². The maximum absolute atomic E-state index is 10.0. The molecule has 2 nitrogen and oxygen atoms in total. The lowest BCUT2D eigenvalue weighted by molar-refractivity contribution is 0.467. The molecule has 1 atom stereocenters. The van der Waals surface area contributed by atoms with Crippen molar-refractivity contribution >= 4 is 0 Å². The van der Waals surface area contributed by atoms with Crippen LogP contribution in [-0.4, -0.2) is 5.11 Å². The van der Waals surface area contributed by atoms with Gasteiger partial charge in [0.05, 0.1) is 6.04 Å². The predicted molar refractivity (Wildman–Crippen MR) is 95.7 cm³/mol. The van der Waals surface area contributed by atoms with Crippen LogP contribution < -0.4 is 5.32 Å². The summed E-state index contributed by atoms with van der Waals surface area (Å²) in [6.45, 7) is 7.97. The van der Waals surface area contributed by atoms with Gasteiger partial charge < -0.3 is 10.4 Å². The van der Waals surface area contributed by atoms with Gasteiger partial charge in [0.1, 0.15) is 5.75 Å². The summed E-state index contributed by atoms with van der Waals surface area (Å²) < 4.78 is 0. The Kier molecular flexibility index (Phi) is 4.42. The number of aromatic hydroxyl groups is 1. The number of benzene rings is 2. The standard InChI is InChI=1S/C21H25NO/c1-14(2)22-20-11-9-18-13-16(6-10-19(18)20)5-8-17-7-4-15(3)12-21(17)23/h4,6-7,10,12-13,20,22-23H,1,5,8-9,11H2,2-3H3. The molecule has 1 aliphatic rings. The first-order valence-corrected chi connectivity index (χ1v) is 8.35. The molecule has 0 aliphatic heterocycles. The monoisotopic (exact) mass is 307 g/mol. The van der Waals surface area contributed by atoms with E-state index in [4.69, 9.17) is 0 Å². The lowest BCUT2D eigenvalue weighted by Crippen LogP contribution is -2.16. The molecule has 2 heteroatoms. The third kappa shape index (κ3) is 3.58. The Hall–Kier alpha value is -2.22. The van der Waals surface area contributed by atoms with Crippen LogP contribution in [0.5, 0.6) is 5.75 Å². The molecule has 0 aromatic heterocycles. The van der Waals surface area contributed by atoms with Gasteiger partial charge >= 0.3 is 0 Å². The molecule has 2 aromatic carbocycles. The van der Waals surface area contributed by atoms with E-state index >= 15 is 0 Å². The molecule has 0 bridgehead atoms. The Labute approximate surface area is 138 Å². The lowest BCUT2D eigenvalue weighted by atomic mass is 9.99. The molecule has 3 rings (SSSR count). The highest BCUT2D eigenvalue weighted by atomic mass is 16.3. The van der Waals surface area contributed by atoms with E-state index in [1.54, 1.807) is 0 Å². The fourth-order valence-electron chi connectivity index (χ4n) is 3.44. The van der Waals surface area contributed by atoms with Gasteiger partial charge in [0.15, 0.2) is 0 Å². The first-order valence-electron chi connectivity index (χ1n) is 8.35. The van der Waals surface area contributed by atoms with Gasteiger partial charge in [0.25, 0.3) is 0 Å². The average Bonchev–Trinajstić information content (AvgIpc) is 2.88. The summed E-state index contributed by atoms with van der Waals surface area (Å²) in [7, 11) is 0. The molecular weight excluding hydrogens is 282 g/mol. The summed E-state index contributed by atoms with van der Waals surface area (Å²) in [5, 5.41) is 13.5. The molecule has 2 aromatic rings. The second-order valence-corrected chi connectivity index (χ2v) is 6.68. The summed E-state index contributed by atoms with van der Waals surface area (Å²) >= 11 is 0. The number of rotatable bonds is 5. The minimum atomic E-state index is 0.414. The first kappa shape index (κ1) is 15.7. The van der Waals surface area contributed by atoms with Crippen molar-refractivity contribution in [3.05, 3.63) is 76.5 Å². The molecule has 23 heavy (non-hydrogen) atoms. The van der Waals surface area contributed by atoms with E-state index in [1.807, 2.05) is 26.0 Å². The third-order valence-corrected chi connectivity index (χ3v) is 4.63. The van der Waals surface area contributed by atoms with Crippen molar-refractivity contribution in [3.8, 4) is 5.75 Å². The molecule has 0 saturated carbocycles. The van der Waals surface area contributed by atoms with Crippen LogP contribution in [-0.2, 0) is 19.3 Å². The van der Waals surface area contributed by atoms with Gasteiger partial charge in [-0.05, 0) is 73.4 Å². The van der Waals surface area contributed by atoms with Crippen molar-refractivity contribution in [2.45, 2.75) is 45.6 Å². The third-order valence-electron chi connectivity index (χ3n) is 4.63. The number of phenols is 1. The summed E-state index contributed by atoms with van der Waals surface area (Å²) in [5.41, 5.74) is 7.36. The number of aryl methyl sites for hydroxylation is 4. The van der Waals surface area contributed by atoms with Gasteiger partial charge in [-0.25, -0.2) is 0 Å². The van der Waals surface area contributed by atoms with Crippen molar-refractivity contribution in [3.63, 3.8) is 0 Å². The smallest absolute Gasteiger partial charge is 0.119 e. The van der Waals surface area contributed by atoms with Crippen molar-refractivity contribution in [2.75, 3.05) is 0 Å². The Morgan fingerprint density at radius 1 is 1.22 bits per heavy atom. The molecule has 1 aliphatic carbocycles. The Morgan fingerprint density at radius 2 is 2.04 bits per heavy atom. The molecule has 0 saturated heterocycles. The van der Waals surface area contributed by atoms with Gasteiger partial charge in [0, 0.05) is 5.70 Å². The van der Waals surface area contributed by atoms with Crippen molar-refractivity contribution in [1.29, 1.82) is 0 Å². The summed E-state index contributed by atoms with van der Waals surface area (Å²) in [6.07, 6.45) is 4.11. The van der Waals surface area contributed by atoms with Crippen molar-refractivity contribution in [1.82, 2.24) is 5.32 Å². The minimum absolute atomic E-state index is 0.414. The molecule has 0 heterocycles. The Morgan fingerprint density at radius 3 is 2.78 bits per heavy atom. The zero-order chi connectivity index (χ0) is 16.4. The van der Waals surface area contributed by atoms with Gasteiger partial charge in [-0.2, -0.15) is 0 Å². The highest BCUT2D eigenvalue weighted by Gasteiger charge is 2.22. The predicted octanol–water partition coefficient (Wildman–Crippen LogP) is 4.60. The number of phenolic OH excluding ortho intramolecular Hbond substituents is 1. The van der Waals surface area contributed by atoms with E-state index < -0.39 is 0 Å². The van der Waals surface area contributed by atoms with Gasteiger partial charge in [0.2, 0.25) is 0 Å². The Balaban J connectivity index is 1.69. The van der Waals surface area contributed by atoms with E-state index in [0.717, 1.165) is 42.5 Å². The van der Waals surface area contributed by atoms with E-state index in [-0.39, 0.29) is 0 Å².